The van der Waals surface area contributed by atoms with Gasteiger partial charge in [-0.1, -0.05) is 12.1 Å². The normalized spacial score (nSPS) is 14.4. The number of nitrogens with one attached hydrogen (secondary N) is 1. The van der Waals surface area contributed by atoms with Crippen LogP contribution in [0.1, 0.15) is 28.8 Å². The molecule has 0 saturated carbocycles. The van der Waals surface area contributed by atoms with E-state index < -0.39 is 23.6 Å². The van der Waals surface area contributed by atoms with Gasteiger partial charge in [-0.05, 0) is 31.0 Å². The Morgan fingerprint density at radius 1 is 0.939 bits per heavy atom. The van der Waals surface area contributed by atoms with E-state index in [1.165, 1.54) is 12.5 Å². The summed E-state index contributed by atoms with van der Waals surface area (Å²) in [7, 11) is 0. The molecular weight excluding hydrogens is 445 g/mol. The number of carbonyl (C=O) groups is 1. The number of aromatic nitrogens is 3. The monoisotopic (exact) mass is 463 g/mol. The van der Waals surface area contributed by atoms with Crippen LogP contribution in [0.4, 0.5) is 33.5 Å². The Morgan fingerprint density at radius 3 is 2.18 bits per heavy atom. The molecule has 6 nitrogen and oxygen atoms in total. The summed E-state index contributed by atoms with van der Waals surface area (Å²) in [5.41, 5.74) is 0.359. The third kappa shape index (κ3) is 4.62. The van der Waals surface area contributed by atoms with E-state index in [0.717, 1.165) is 38.1 Å². The van der Waals surface area contributed by atoms with Gasteiger partial charge in [0.25, 0.3) is 5.91 Å². The molecule has 1 amide bonds. The molecule has 33 heavy (non-hydrogen) atoms. The average molecular weight is 463 g/mol. The summed E-state index contributed by atoms with van der Waals surface area (Å²) in [6, 6.07) is 4.87. The van der Waals surface area contributed by atoms with Crippen LogP contribution in [-0.2, 0) is 5.92 Å². The van der Waals surface area contributed by atoms with Gasteiger partial charge in [-0.15, -0.1) is 0 Å². The first kappa shape index (κ1) is 22.6. The minimum absolute atomic E-state index is 0.0648. The van der Waals surface area contributed by atoms with E-state index in [0.29, 0.717) is 29.1 Å². The second-order valence-electron chi connectivity index (χ2n) is 7.52. The van der Waals surface area contributed by atoms with Crippen molar-refractivity contribution in [2.45, 2.75) is 24.9 Å². The van der Waals surface area contributed by atoms with Crippen LogP contribution in [-0.4, -0.2) is 40.1 Å². The maximum atomic E-state index is 13.5. The summed E-state index contributed by atoms with van der Waals surface area (Å²) in [6.07, 6.45) is 2.32. The number of alkyl halides is 5. The van der Waals surface area contributed by atoms with Gasteiger partial charge < -0.3 is 10.2 Å². The van der Waals surface area contributed by atoms with Gasteiger partial charge in [-0.2, -0.15) is 22.0 Å². The minimum Gasteiger partial charge on any atom is -0.356 e. The summed E-state index contributed by atoms with van der Waals surface area (Å²) in [4.78, 5) is 27.3. The summed E-state index contributed by atoms with van der Waals surface area (Å²) >= 11 is 0. The van der Waals surface area contributed by atoms with Crippen LogP contribution in [0.3, 0.4) is 0 Å². The van der Waals surface area contributed by atoms with Gasteiger partial charge in [0.2, 0.25) is 0 Å². The van der Waals surface area contributed by atoms with Crippen LogP contribution in [0.5, 0.6) is 0 Å². The molecule has 1 fully saturated rings. The lowest BCUT2D eigenvalue weighted by atomic mass is 10.1. The van der Waals surface area contributed by atoms with Gasteiger partial charge in [0.05, 0.1) is 5.56 Å². The van der Waals surface area contributed by atoms with Crippen molar-refractivity contribution in [2.75, 3.05) is 23.3 Å². The largest absolute Gasteiger partial charge is 0.458 e. The van der Waals surface area contributed by atoms with E-state index in [2.05, 4.69) is 25.2 Å². The second kappa shape index (κ2) is 8.72. The lowest BCUT2D eigenvalue weighted by Crippen LogP contribution is -2.33. The highest BCUT2D eigenvalue weighted by molar-refractivity contribution is 6.05. The average Bonchev–Trinajstić information content (AvgIpc) is 3.34. The van der Waals surface area contributed by atoms with Crippen molar-refractivity contribution in [3.8, 4) is 11.1 Å². The Bertz CT molecular complexity index is 1130. The SMILES string of the molecule is O=C(Nc1ccc(C(F)(F)C(F)(F)F)cc1)c1cnc(N2CCCC2)c(-c2cncnc2)c1. The number of nitrogens with zero attached hydrogens (tertiary/aromatic N) is 4. The molecule has 172 valence electrons. The number of anilines is 2. The Hall–Kier alpha value is -3.63. The molecular formula is C22H18F5N5O. The number of benzene rings is 1. The summed E-state index contributed by atoms with van der Waals surface area (Å²) < 4.78 is 64.5. The molecule has 0 atom stereocenters. The van der Waals surface area contributed by atoms with Crippen LogP contribution in [0, 0.1) is 0 Å². The minimum atomic E-state index is -5.71. The molecule has 0 radical (unpaired) electrons. The van der Waals surface area contributed by atoms with Crippen LogP contribution in [0.25, 0.3) is 11.1 Å². The first-order chi connectivity index (χ1) is 15.7. The van der Waals surface area contributed by atoms with Crippen molar-refractivity contribution in [1.29, 1.82) is 0 Å². The Kier molecular flexibility index (Phi) is 5.96. The number of rotatable bonds is 5. The summed E-state index contributed by atoms with van der Waals surface area (Å²) in [6.45, 7) is 1.66. The van der Waals surface area contributed by atoms with E-state index in [9.17, 15) is 26.7 Å². The van der Waals surface area contributed by atoms with E-state index in [1.54, 1.807) is 18.5 Å². The Labute approximate surface area is 185 Å². The maximum Gasteiger partial charge on any atom is 0.458 e. The molecule has 0 bridgehead atoms. The standard InChI is InChI=1S/C22H18F5N5O/c23-21(24,22(25,26)27)16-3-5-17(6-4-16)31-20(33)14-9-18(15-10-28-13-29-11-15)19(30-12-14)32-7-1-2-8-32/h3-6,9-13H,1-2,7-8H2,(H,31,33). The molecule has 2 aromatic heterocycles. The van der Waals surface area contributed by atoms with Crippen molar-refractivity contribution in [3.05, 3.63) is 66.4 Å². The molecule has 1 aromatic carbocycles. The molecule has 4 rings (SSSR count). The molecule has 0 spiro atoms. The second-order valence-corrected chi connectivity index (χ2v) is 7.52. The van der Waals surface area contributed by atoms with Crippen molar-refractivity contribution in [2.24, 2.45) is 0 Å². The predicted molar refractivity (Wildman–Crippen MR) is 111 cm³/mol. The lowest BCUT2D eigenvalue weighted by molar-refractivity contribution is -0.289. The van der Waals surface area contributed by atoms with Crippen molar-refractivity contribution in [1.82, 2.24) is 15.0 Å². The highest BCUT2D eigenvalue weighted by Crippen LogP contribution is 2.44. The Balaban J connectivity index is 1.59. The van der Waals surface area contributed by atoms with E-state index in [4.69, 9.17) is 0 Å². The van der Waals surface area contributed by atoms with Crippen molar-refractivity contribution >= 4 is 17.4 Å². The van der Waals surface area contributed by atoms with Crippen LogP contribution in [0.15, 0.2) is 55.2 Å². The van der Waals surface area contributed by atoms with E-state index >= 15 is 0 Å². The first-order valence-electron chi connectivity index (χ1n) is 10.0. The molecule has 3 heterocycles. The Morgan fingerprint density at radius 2 is 1.58 bits per heavy atom. The zero-order valence-electron chi connectivity index (χ0n) is 17.1. The number of carbonyl (C=O) groups excluding carboxylic acids is 1. The fourth-order valence-corrected chi connectivity index (χ4v) is 3.54. The molecule has 11 heteroatoms. The molecule has 3 aromatic rings. The maximum absolute atomic E-state index is 13.5. The lowest BCUT2D eigenvalue weighted by Gasteiger charge is -2.21. The summed E-state index contributed by atoms with van der Waals surface area (Å²) in [5, 5.41) is 2.49. The third-order valence-electron chi connectivity index (χ3n) is 5.27. The molecule has 1 N–H and O–H groups in total. The number of halogens is 5. The highest BCUT2D eigenvalue weighted by atomic mass is 19.4. The first-order valence-corrected chi connectivity index (χ1v) is 10.0. The predicted octanol–water partition coefficient (Wildman–Crippen LogP) is 5.05. The number of amides is 1. The topological polar surface area (TPSA) is 71.0 Å². The fourth-order valence-electron chi connectivity index (χ4n) is 3.54. The zero-order chi connectivity index (χ0) is 23.6. The molecule has 1 aliphatic rings. The third-order valence-corrected chi connectivity index (χ3v) is 5.27. The van der Waals surface area contributed by atoms with Crippen LogP contribution < -0.4 is 10.2 Å². The van der Waals surface area contributed by atoms with Gasteiger partial charge in [0, 0.05) is 54.1 Å². The quantitative estimate of drug-likeness (QED) is 0.537. The van der Waals surface area contributed by atoms with Crippen LogP contribution in [0.2, 0.25) is 0 Å². The van der Waals surface area contributed by atoms with Gasteiger partial charge in [-0.25, -0.2) is 15.0 Å². The zero-order valence-corrected chi connectivity index (χ0v) is 17.1. The smallest absolute Gasteiger partial charge is 0.356 e. The van der Waals surface area contributed by atoms with Crippen LogP contribution >= 0.6 is 0 Å². The van der Waals surface area contributed by atoms with E-state index in [-0.39, 0.29) is 11.3 Å². The molecule has 1 aliphatic heterocycles. The van der Waals surface area contributed by atoms with Gasteiger partial charge in [0.1, 0.15) is 12.1 Å². The number of hydrogen-bond donors (Lipinski definition) is 1. The number of pyridine rings is 1. The molecule has 0 aliphatic carbocycles. The fraction of sp³-hybridized carbons (Fsp3) is 0.273. The van der Waals surface area contributed by atoms with Gasteiger partial charge in [-0.3, -0.25) is 4.79 Å². The van der Waals surface area contributed by atoms with E-state index in [1.807, 2.05) is 0 Å². The summed E-state index contributed by atoms with van der Waals surface area (Å²) in [5.74, 6) is -4.89. The van der Waals surface area contributed by atoms with Crippen molar-refractivity contribution < 1.29 is 26.7 Å². The van der Waals surface area contributed by atoms with Gasteiger partial charge in [0.15, 0.2) is 0 Å². The molecule has 1 saturated heterocycles. The van der Waals surface area contributed by atoms with Gasteiger partial charge >= 0.3 is 12.1 Å². The highest BCUT2D eigenvalue weighted by Gasteiger charge is 2.58. The van der Waals surface area contributed by atoms with Crippen molar-refractivity contribution in [3.63, 3.8) is 0 Å². The molecule has 0 unspecified atom stereocenters. The number of hydrogen-bond acceptors (Lipinski definition) is 5.